The van der Waals surface area contributed by atoms with E-state index in [9.17, 15) is 4.79 Å². The van der Waals surface area contributed by atoms with E-state index in [1.54, 1.807) is 4.90 Å². The Morgan fingerprint density at radius 3 is 2.43 bits per heavy atom. The molecule has 0 saturated heterocycles. The van der Waals surface area contributed by atoms with E-state index in [2.05, 4.69) is 19.9 Å². The molecule has 0 unspecified atom stereocenters. The highest BCUT2D eigenvalue weighted by Crippen LogP contribution is 2.41. The normalized spacial score (nSPS) is 14.0. The van der Waals surface area contributed by atoms with Crippen molar-refractivity contribution in [2.45, 2.75) is 39.4 Å². The number of benzene rings is 3. The van der Waals surface area contributed by atoms with E-state index in [1.807, 2.05) is 73.7 Å². The Labute approximate surface area is 178 Å². The van der Waals surface area contributed by atoms with Gasteiger partial charge in [-0.15, -0.1) is 0 Å². The second-order valence-electron chi connectivity index (χ2n) is 8.15. The highest BCUT2D eigenvalue weighted by molar-refractivity contribution is 6.06. The Balaban J connectivity index is 1.44. The van der Waals surface area contributed by atoms with E-state index in [0.717, 1.165) is 29.2 Å². The highest BCUT2D eigenvalue weighted by atomic mass is 16.5. The molecule has 4 heteroatoms. The van der Waals surface area contributed by atoms with Crippen molar-refractivity contribution < 1.29 is 14.3 Å². The minimum Gasteiger partial charge on any atom is -0.485 e. The monoisotopic (exact) mass is 401 g/mol. The highest BCUT2D eigenvalue weighted by Gasteiger charge is 2.32. The SMILES string of the molecule is CCN(C(=O)c1ccc(COc2cccc3c2OC(C)(C)C3)cc1)c1ccccc1. The number of hydrogen-bond donors (Lipinski definition) is 0. The fourth-order valence-electron chi connectivity index (χ4n) is 3.81. The number of amides is 1. The van der Waals surface area contributed by atoms with Gasteiger partial charge in [0.2, 0.25) is 0 Å². The summed E-state index contributed by atoms with van der Waals surface area (Å²) in [6.45, 7) is 7.19. The van der Waals surface area contributed by atoms with Crippen molar-refractivity contribution in [3.05, 3.63) is 89.5 Å². The molecule has 0 aliphatic carbocycles. The fourth-order valence-corrected chi connectivity index (χ4v) is 3.81. The van der Waals surface area contributed by atoms with Crippen LogP contribution in [0.3, 0.4) is 0 Å². The summed E-state index contributed by atoms with van der Waals surface area (Å²) < 4.78 is 12.1. The van der Waals surface area contributed by atoms with Crippen molar-refractivity contribution in [3.8, 4) is 11.5 Å². The molecule has 0 bridgehead atoms. The summed E-state index contributed by atoms with van der Waals surface area (Å²) in [6, 6.07) is 23.4. The standard InChI is InChI=1S/C26H27NO3/c1-4-27(22-10-6-5-7-11-22)25(28)20-15-13-19(14-16-20)18-29-23-12-8-9-21-17-26(2,3)30-24(21)23/h5-16H,4,17-18H2,1-3H3. The third-order valence-electron chi connectivity index (χ3n) is 5.28. The molecule has 0 atom stereocenters. The summed E-state index contributed by atoms with van der Waals surface area (Å²) in [5.74, 6) is 1.60. The molecule has 3 aromatic carbocycles. The van der Waals surface area contributed by atoms with Gasteiger partial charge < -0.3 is 14.4 Å². The maximum atomic E-state index is 12.9. The largest absolute Gasteiger partial charge is 0.485 e. The van der Waals surface area contributed by atoms with Gasteiger partial charge in [0.15, 0.2) is 11.5 Å². The molecule has 4 nitrogen and oxygen atoms in total. The second-order valence-corrected chi connectivity index (χ2v) is 8.15. The Morgan fingerprint density at radius 2 is 1.73 bits per heavy atom. The molecule has 1 heterocycles. The van der Waals surface area contributed by atoms with E-state index in [0.29, 0.717) is 18.7 Å². The molecule has 4 rings (SSSR count). The minimum atomic E-state index is -0.201. The molecule has 30 heavy (non-hydrogen) atoms. The van der Waals surface area contributed by atoms with Gasteiger partial charge in [0.1, 0.15) is 12.2 Å². The van der Waals surface area contributed by atoms with Gasteiger partial charge in [0.05, 0.1) is 0 Å². The molecule has 0 radical (unpaired) electrons. The topological polar surface area (TPSA) is 38.8 Å². The maximum absolute atomic E-state index is 12.9. The average molecular weight is 402 g/mol. The van der Waals surface area contributed by atoms with Crippen LogP contribution in [0.4, 0.5) is 5.69 Å². The van der Waals surface area contributed by atoms with Gasteiger partial charge in [-0.1, -0.05) is 42.5 Å². The van der Waals surface area contributed by atoms with Crippen molar-refractivity contribution in [2.24, 2.45) is 0 Å². The third kappa shape index (κ3) is 4.18. The van der Waals surface area contributed by atoms with Gasteiger partial charge in [-0.3, -0.25) is 4.79 Å². The summed E-state index contributed by atoms with van der Waals surface area (Å²) >= 11 is 0. The number of nitrogens with zero attached hydrogens (tertiary/aromatic N) is 1. The lowest BCUT2D eigenvalue weighted by Gasteiger charge is -2.21. The number of rotatable bonds is 6. The molecule has 1 amide bonds. The van der Waals surface area contributed by atoms with E-state index >= 15 is 0 Å². The summed E-state index contributed by atoms with van der Waals surface area (Å²) in [7, 11) is 0. The van der Waals surface area contributed by atoms with Crippen LogP contribution in [0.1, 0.15) is 42.3 Å². The maximum Gasteiger partial charge on any atom is 0.258 e. The predicted molar refractivity (Wildman–Crippen MR) is 119 cm³/mol. The zero-order valence-corrected chi connectivity index (χ0v) is 17.7. The zero-order valence-electron chi connectivity index (χ0n) is 17.7. The predicted octanol–water partition coefficient (Wildman–Crippen LogP) is 5.65. The van der Waals surface area contributed by atoms with Crippen LogP contribution in [-0.2, 0) is 13.0 Å². The summed E-state index contributed by atoms with van der Waals surface area (Å²) in [6.07, 6.45) is 0.881. The number of anilines is 1. The first-order valence-electron chi connectivity index (χ1n) is 10.4. The van der Waals surface area contributed by atoms with Crippen LogP contribution in [0.25, 0.3) is 0 Å². The first kappa shape index (κ1) is 20.0. The van der Waals surface area contributed by atoms with E-state index < -0.39 is 0 Å². The molecule has 3 aromatic rings. The summed E-state index contributed by atoms with van der Waals surface area (Å²) in [4.78, 5) is 14.7. The quantitative estimate of drug-likeness (QED) is 0.536. The lowest BCUT2D eigenvalue weighted by molar-refractivity contribution is 0.0988. The van der Waals surface area contributed by atoms with Crippen LogP contribution in [0, 0.1) is 0 Å². The number of para-hydroxylation sites is 2. The molecule has 0 saturated carbocycles. The van der Waals surface area contributed by atoms with Crippen molar-refractivity contribution in [1.29, 1.82) is 0 Å². The zero-order chi connectivity index (χ0) is 21.1. The molecular formula is C26H27NO3. The molecule has 0 spiro atoms. The van der Waals surface area contributed by atoms with E-state index in [-0.39, 0.29) is 11.5 Å². The number of carbonyl (C=O) groups is 1. The molecule has 1 aliphatic rings. The average Bonchev–Trinajstić information content (AvgIpc) is 3.08. The van der Waals surface area contributed by atoms with Crippen molar-refractivity contribution in [3.63, 3.8) is 0 Å². The smallest absolute Gasteiger partial charge is 0.258 e. The Bertz CT molecular complexity index is 1030. The van der Waals surface area contributed by atoms with Gasteiger partial charge in [-0.05, 0) is 56.7 Å². The molecule has 0 N–H and O–H groups in total. The van der Waals surface area contributed by atoms with Crippen LogP contribution in [-0.4, -0.2) is 18.1 Å². The first-order valence-corrected chi connectivity index (χ1v) is 10.4. The third-order valence-corrected chi connectivity index (χ3v) is 5.28. The van der Waals surface area contributed by atoms with E-state index in [1.165, 1.54) is 5.56 Å². The van der Waals surface area contributed by atoms with Crippen LogP contribution in [0.5, 0.6) is 11.5 Å². The van der Waals surface area contributed by atoms with Gasteiger partial charge >= 0.3 is 0 Å². The van der Waals surface area contributed by atoms with Crippen molar-refractivity contribution in [2.75, 3.05) is 11.4 Å². The lowest BCUT2D eigenvalue weighted by Crippen LogP contribution is -2.30. The molecular weight excluding hydrogens is 374 g/mol. The molecule has 1 aliphatic heterocycles. The molecule has 154 valence electrons. The van der Waals surface area contributed by atoms with Gasteiger partial charge in [-0.2, -0.15) is 0 Å². The fraction of sp³-hybridized carbons (Fsp3) is 0.269. The van der Waals surface area contributed by atoms with Crippen molar-refractivity contribution in [1.82, 2.24) is 0 Å². The lowest BCUT2D eigenvalue weighted by atomic mass is 10.0. The number of carbonyl (C=O) groups excluding carboxylic acids is 1. The van der Waals surface area contributed by atoms with Gasteiger partial charge in [-0.25, -0.2) is 0 Å². The second kappa shape index (κ2) is 8.23. The number of ether oxygens (including phenoxy) is 2. The number of fused-ring (bicyclic) bond motifs is 1. The first-order chi connectivity index (χ1) is 14.5. The minimum absolute atomic E-state index is 0.00678. The van der Waals surface area contributed by atoms with Crippen LogP contribution < -0.4 is 14.4 Å². The Kier molecular flexibility index (Phi) is 5.49. The summed E-state index contributed by atoms with van der Waals surface area (Å²) in [5, 5.41) is 0. The van der Waals surface area contributed by atoms with Crippen molar-refractivity contribution >= 4 is 11.6 Å². The Hall–Kier alpha value is -3.27. The Morgan fingerprint density at radius 1 is 1.00 bits per heavy atom. The number of hydrogen-bond acceptors (Lipinski definition) is 3. The molecule has 0 fully saturated rings. The van der Waals surface area contributed by atoms with Crippen LogP contribution >= 0.6 is 0 Å². The van der Waals surface area contributed by atoms with E-state index in [4.69, 9.17) is 9.47 Å². The van der Waals surface area contributed by atoms with Crippen LogP contribution in [0.2, 0.25) is 0 Å². The summed E-state index contributed by atoms with van der Waals surface area (Å²) in [5.41, 5.74) is 3.55. The van der Waals surface area contributed by atoms with Gasteiger partial charge in [0, 0.05) is 29.8 Å². The molecule has 0 aromatic heterocycles. The van der Waals surface area contributed by atoms with Gasteiger partial charge in [0.25, 0.3) is 5.91 Å². The van der Waals surface area contributed by atoms with Crippen LogP contribution in [0.15, 0.2) is 72.8 Å².